The molecule has 2 aliphatic heterocycles. The summed E-state index contributed by atoms with van der Waals surface area (Å²) in [6.07, 6.45) is 12.5. The molecule has 0 N–H and O–H groups in total. The average Bonchev–Trinajstić information content (AvgIpc) is 2.87. The first kappa shape index (κ1) is 21.8. The van der Waals surface area contributed by atoms with Crippen molar-refractivity contribution in [3.8, 4) is 11.5 Å². The van der Waals surface area contributed by atoms with Gasteiger partial charge in [-0.3, -0.25) is 9.69 Å². The lowest BCUT2D eigenvalue weighted by Crippen LogP contribution is -2.51. The van der Waals surface area contributed by atoms with E-state index in [-0.39, 0.29) is 11.9 Å². The Hall–Kier alpha value is -3.05. The van der Waals surface area contributed by atoms with Crippen LogP contribution < -0.4 is 14.4 Å². The highest BCUT2D eigenvalue weighted by Gasteiger charge is 2.41. The highest BCUT2D eigenvalue weighted by molar-refractivity contribution is 6.07. The van der Waals surface area contributed by atoms with Crippen LogP contribution in [0.15, 0.2) is 66.8 Å². The van der Waals surface area contributed by atoms with E-state index in [0.717, 1.165) is 18.7 Å². The summed E-state index contributed by atoms with van der Waals surface area (Å²) < 4.78 is 10.8. The normalized spacial score (nSPS) is 26.5. The Bertz CT molecular complexity index is 1090. The Balaban J connectivity index is 1.50. The van der Waals surface area contributed by atoms with Gasteiger partial charge >= 0.3 is 0 Å². The number of fused-ring (bicyclic) bond motifs is 2. The number of para-hydroxylation sites is 1. The second-order valence-electron chi connectivity index (χ2n) is 9.21. The number of anilines is 1. The molecular formula is C28H32N2O3. The molecule has 0 bridgehead atoms. The maximum Gasteiger partial charge on any atom is 0.258 e. The summed E-state index contributed by atoms with van der Waals surface area (Å²) in [5.74, 6) is 1.76. The quantitative estimate of drug-likeness (QED) is 0.634. The van der Waals surface area contributed by atoms with Gasteiger partial charge in [0.2, 0.25) is 0 Å². The third-order valence-corrected chi connectivity index (χ3v) is 7.36. The molecule has 0 radical (unpaired) electrons. The Morgan fingerprint density at radius 3 is 2.61 bits per heavy atom. The van der Waals surface area contributed by atoms with E-state index in [4.69, 9.17) is 9.47 Å². The fraction of sp³-hybridized carbons (Fsp3) is 0.393. The average molecular weight is 445 g/mol. The van der Waals surface area contributed by atoms with Gasteiger partial charge in [0.25, 0.3) is 5.91 Å². The minimum atomic E-state index is -0.00799. The molecular weight excluding hydrogens is 412 g/mol. The summed E-state index contributed by atoms with van der Waals surface area (Å²) in [4.78, 5) is 18.4. The lowest BCUT2D eigenvalue weighted by molar-refractivity contribution is 0.0784. The Kier molecular flexibility index (Phi) is 5.98. The van der Waals surface area contributed by atoms with E-state index >= 15 is 0 Å². The predicted molar refractivity (Wildman–Crippen MR) is 131 cm³/mol. The van der Waals surface area contributed by atoms with Gasteiger partial charge in [-0.1, -0.05) is 42.5 Å². The maximum atomic E-state index is 13.7. The number of carbonyl (C=O) groups excluding carboxylic acids is 1. The van der Waals surface area contributed by atoms with Crippen molar-refractivity contribution >= 4 is 11.6 Å². The number of rotatable bonds is 4. The zero-order chi connectivity index (χ0) is 22.9. The van der Waals surface area contributed by atoms with Crippen molar-refractivity contribution in [3.63, 3.8) is 0 Å². The number of ether oxygens (including phenoxy) is 2. The first-order valence-corrected chi connectivity index (χ1v) is 11.9. The number of benzene rings is 2. The molecule has 0 saturated carbocycles. The van der Waals surface area contributed by atoms with Crippen molar-refractivity contribution in [1.82, 2.24) is 4.90 Å². The molecule has 5 nitrogen and oxygen atoms in total. The van der Waals surface area contributed by atoms with Crippen molar-refractivity contribution < 1.29 is 14.3 Å². The maximum absolute atomic E-state index is 13.7. The fourth-order valence-corrected chi connectivity index (χ4v) is 5.80. The predicted octanol–water partition coefficient (Wildman–Crippen LogP) is 5.39. The molecule has 5 rings (SSSR count). The zero-order valence-corrected chi connectivity index (χ0v) is 19.6. The lowest BCUT2D eigenvalue weighted by atomic mass is 9.82. The SMILES string of the molecule is COc1ccc(C(=O)N2c3ccccc3C(N3CCCC4C=CC=CC43)CC2C)cc1OC. The van der Waals surface area contributed by atoms with Crippen LogP contribution in [0, 0.1) is 5.92 Å². The van der Waals surface area contributed by atoms with E-state index in [1.54, 1.807) is 26.4 Å². The molecule has 3 aliphatic rings. The van der Waals surface area contributed by atoms with Crippen LogP contribution in [0.2, 0.25) is 0 Å². The number of nitrogens with zero attached hydrogens (tertiary/aromatic N) is 2. The third kappa shape index (κ3) is 3.84. The molecule has 33 heavy (non-hydrogen) atoms. The Labute approximate surface area is 196 Å². The van der Waals surface area contributed by atoms with Crippen LogP contribution in [0.3, 0.4) is 0 Å². The van der Waals surface area contributed by atoms with Gasteiger partial charge in [-0.25, -0.2) is 0 Å². The monoisotopic (exact) mass is 444 g/mol. The number of likely N-dealkylation sites (tertiary alicyclic amines) is 1. The number of methoxy groups -OCH3 is 2. The van der Waals surface area contributed by atoms with Gasteiger partial charge in [0.15, 0.2) is 11.5 Å². The van der Waals surface area contributed by atoms with Crippen LogP contribution in [0.1, 0.15) is 48.1 Å². The number of allylic oxidation sites excluding steroid dienone is 2. The Morgan fingerprint density at radius 2 is 1.79 bits per heavy atom. The second kappa shape index (κ2) is 9.06. The van der Waals surface area contributed by atoms with Crippen LogP contribution in [-0.2, 0) is 0 Å². The summed E-state index contributed by atoms with van der Waals surface area (Å²) in [5.41, 5.74) is 2.86. The molecule has 172 valence electrons. The minimum absolute atomic E-state index is 0.00799. The van der Waals surface area contributed by atoms with E-state index in [1.165, 1.54) is 18.4 Å². The first-order valence-electron chi connectivity index (χ1n) is 11.9. The first-order chi connectivity index (χ1) is 16.1. The standard InChI is InChI=1S/C28H32N2O3/c1-19-17-25(29-16-8-10-20-9-4-6-12-23(20)29)22-11-5-7-13-24(22)30(19)28(31)21-14-15-26(32-2)27(18-21)33-3/h4-7,9,11-15,18-20,23,25H,8,10,16-17H2,1-3H3. The van der Waals surface area contributed by atoms with Crippen LogP contribution >= 0.6 is 0 Å². The van der Waals surface area contributed by atoms with Crippen LogP contribution in [0.5, 0.6) is 11.5 Å². The van der Waals surface area contributed by atoms with Gasteiger partial charge in [-0.2, -0.15) is 0 Å². The molecule has 0 spiro atoms. The number of hydrogen-bond acceptors (Lipinski definition) is 4. The molecule has 1 fully saturated rings. The number of carbonyl (C=O) groups is 1. The molecule has 4 unspecified atom stereocenters. The van der Waals surface area contributed by atoms with Crippen molar-refractivity contribution in [3.05, 3.63) is 77.9 Å². The summed E-state index contributed by atoms with van der Waals surface area (Å²) in [7, 11) is 3.20. The van der Waals surface area contributed by atoms with Gasteiger partial charge in [-0.15, -0.1) is 0 Å². The molecule has 2 aromatic carbocycles. The van der Waals surface area contributed by atoms with Crippen molar-refractivity contribution in [2.45, 2.75) is 44.3 Å². The van der Waals surface area contributed by atoms with Gasteiger partial charge < -0.3 is 14.4 Å². The largest absolute Gasteiger partial charge is 0.493 e. The smallest absolute Gasteiger partial charge is 0.258 e. The molecule has 1 amide bonds. The molecule has 1 saturated heterocycles. The van der Waals surface area contributed by atoms with Gasteiger partial charge in [0.05, 0.1) is 14.2 Å². The lowest BCUT2D eigenvalue weighted by Gasteiger charge is -2.49. The third-order valence-electron chi connectivity index (χ3n) is 7.36. The topological polar surface area (TPSA) is 42.0 Å². The molecule has 5 heteroatoms. The van der Waals surface area contributed by atoms with E-state index in [1.807, 2.05) is 17.0 Å². The summed E-state index contributed by atoms with van der Waals surface area (Å²) >= 11 is 0. The van der Waals surface area contributed by atoms with Crippen molar-refractivity contribution in [2.75, 3.05) is 25.7 Å². The highest BCUT2D eigenvalue weighted by Crippen LogP contribution is 2.44. The molecule has 2 heterocycles. The van der Waals surface area contributed by atoms with Gasteiger partial charge in [-0.05, 0) is 68.5 Å². The molecule has 2 aromatic rings. The van der Waals surface area contributed by atoms with E-state index in [9.17, 15) is 4.79 Å². The summed E-state index contributed by atoms with van der Waals surface area (Å²) in [6.45, 7) is 3.26. The summed E-state index contributed by atoms with van der Waals surface area (Å²) in [5, 5.41) is 0. The summed E-state index contributed by atoms with van der Waals surface area (Å²) in [6, 6.07) is 14.6. The molecule has 1 aliphatic carbocycles. The van der Waals surface area contributed by atoms with Crippen LogP contribution in [0.4, 0.5) is 5.69 Å². The van der Waals surface area contributed by atoms with Crippen LogP contribution in [-0.4, -0.2) is 43.7 Å². The van der Waals surface area contributed by atoms with Crippen molar-refractivity contribution in [2.24, 2.45) is 5.92 Å². The highest BCUT2D eigenvalue weighted by atomic mass is 16.5. The fourth-order valence-electron chi connectivity index (χ4n) is 5.80. The van der Waals surface area contributed by atoms with E-state index < -0.39 is 0 Å². The van der Waals surface area contributed by atoms with E-state index in [2.05, 4.69) is 54.3 Å². The number of amides is 1. The molecule has 0 aromatic heterocycles. The van der Waals surface area contributed by atoms with Crippen LogP contribution in [0.25, 0.3) is 0 Å². The number of piperidine rings is 1. The van der Waals surface area contributed by atoms with Gasteiger partial charge in [0.1, 0.15) is 0 Å². The minimum Gasteiger partial charge on any atom is -0.493 e. The second-order valence-corrected chi connectivity index (χ2v) is 9.21. The van der Waals surface area contributed by atoms with Gasteiger partial charge in [0, 0.05) is 29.4 Å². The Morgan fingerprint density at radius 1 is 1.00 bits per heavy atom. The van der Waals surface area contributed by atoms with E-state index in [0.29, 0.717) is 35.1 Å². The zero-order valence-electron chi connectivity index (χ0n) is 19.6. The van der Waals surface area contributed by atoms with Crippen molar-refractivity contribution in [1.29, 1.82) is 0 Å². The number of hydrogen-bond donors (Lipinski definition) is 0. The molecule has 4 atom stereocenters.